The molecule has 1 N–H and O–H groups in total. The quantitative estimate of drug-likeness (QED) is 0.704. The van der Waals surface area contributed by atoms with Crippen LogP contribution < -0.4 is 5.32 Å². The third-order valence-electron chi connectivity index (χ3n) is 2.01. The van der Waals surface area contributed by atoms with Crippen molar-refractivity contribution >= 4 is 0 Å². The summed E-state index contributed by atoms with van der Waals surface area (Å²) in [7, 11) is 0. The standard InChI is InChI=1S/C11H16FN/c1-3-7-13-8-10-6-4-5-9(2)11(10)12/h4-6,13H,3,7-8H2,1-2H3. The third-order valence-corrected chi connectivity index (χ3v) is 2.01. The Morgan fingerprint density at radius 2 is 2.15 bits per heavy atom. The van der Waals surface area contributed by atoms with Crippen LogP contribution in [-0.2, 0) is 6.54 Å². The zero-order valence-electron chi connectivity index (χ0n) is 8.23. The molecule has 2 heteroatoms. The van der Waals surface area contributed by atoms with Gasteiger partial charge in [0.1, 0.15) is 5.82 Å². The van der Waals surface area contributed by atoms with E-state index in [0.29, 0.717) is 6.54 Å². The molecule has 72 valence electrons. The lowest BCUT2D eigenvalue weighted by Crippen LogP contribution is -2.15. The van der Waals surface area contributed by atoms with Gasteiger partial charge < -0.3 is 5.32 Å². The van der Waals surface area contributed by atoms with Gasteiger partial charge in [0, 0.05) is 12.1 Å². The van der Waals surface area contributed by atoms with Crippen molar-refractivity contribution in [3.8, 4) is 0 Å². The van der Waals surface area contributed by atoms with E-state index in [-0.39, 0.29) is 5.82 Å². The van der Waals surface area contributed by atoms with Crippen LogP contribution >= 0.6 is 0 Å². The maximum Gasteiger partial charge on any atom is 0.130 e. The fourth-order valence-electron chi connectivity index (χ4n) is 1.24. The second-order valence-electron chi connectivity index (χ2n) is 3.22. The predicted molar refractivity (Wildman–Crippen MR) is 53.1 cm³/mol. The minimum Gasteiger partial charge on any atom is -0.313 e. The highest BCUT2D eigenvalue weighted by Gasteiger charge is 2.02. The van der Waals surface area contributed by atoms with Crippen molar-refractivity contribution < 1.29 is 4.39 Å². The Kier molecular flexibility index (Phi) is 3.90. The molecule has 13 heavy (non-hydrogen) atoms. The molecule has 1 aromatic carbocycles. The van der Waals surface area contributed by atoms with Crippen molar-refractivity contribution in [3.63, 3.8) is 0 Å². The second-order valence-corrected chi connectivity index (χ2v) is 3.22. The van der Waals surface area contributed by atoms with Crippen molar-refractivity contribution in [1.82, 2.24) is 5.32 Å². The summed E-state index contributed by atoms with van der Waals surface area (Å²) in [5, 5.41) is 3.18. The van der Waals surface area contributed by atoms with Crippen LogP contribution in [0.4, 0.5) is 4.39 Å². The van der Waals surface area contributed by atoms with Crippen LogP contribution in [0.25, 0.3) is 0 Å². The van der Waals surface area contributed by atoms with Crippen LogP contribution in [0, 0.1) is 12.7 Å². The van der Waals surface area contributed by atoms with E-state index in [4.69, 9.17) is 0 Å². The van der Waals surface area contributed by atoms with E-state index in [0.717, 1.165) is 24.1 Å². The molecule has 1 nitrogen and oxygen atoms in total. The molecule has 0 saturated heterocycles. The monoisotopic (exact) mass is 181 g/mol. The lowest BCUT2D eigenvalue weighted by molar-refractivity contribution is 0.579. The molecule has 0 bridgehead atoms. The maximum absolute atomic E-state index is 13.4. The summed E-state index contributed by atoms with van der Waals surface area (Å²) in [6, 6.07) is 5.50. The zero-order valence-corrected chi connectivity index (χ0v) is 8.23. The lowest BCUT2D eigenvalue weighted by atomic mass is 10.1. The highest BCUT2D eigenvalue weighted by atomic mass is 19.1. The summed E-state index contributed by atoms with van der Waals surface area (Å²) in [5.41, 5.74) is 1.48. The van der Waals surface area contributed by atoms with Crippen molar-refractivity contribution in [2.24, 2.45) is 0 Å². The number of rotatable bonds is 4. The Bertz CT molecular complexity index is 271. The molecular formula is C11H16FN. The summed E-state index contributed by atoms with van der Waals surface area (Å²) in [5.74, 6) is -0.0777. The Hall–Kier alpha value is -0.890. The maximum atomic E-state index is 13.4. The van der Waals surface area contributed by atoms with E-state index in [1.54, 1.807) is 13.0 Å². The van der Waals surface area contributed by atoms with Crippen LogP contribution in [0.5, 0.6) is 0 Å². The van der Waals surface area contributed by atoms with Crippen LogP contribution in [0.1, 0.15) is 24.5 Å². The van der Waals surface area contributed by atoms with Crippen LogP contribution in [0.2, 0.25) is 0 Å². The lowest BCUT2D eigenvalue weighted by Gasteiger charge is -2.06. The van der Waals surface area contributed by atoms with Crippen molar-refractivity contribution in [2.75, 3.05) is 6.54 Å². The van der Waals surface area contributed by atoms with Gasteiger partial charge in [0.05, 0.1) is 0 Å². The van der Waals surface area contributed by atoms with Gasteiger partial charge in [0.2, 0.25) is 0 Å². The van der Waals surface area contributed by atoms with Crippen LogP contribution in [0.3, 0.4) is 0 Å². The van der Waals surface area contributed by atoms with Crippen molar-refractivity contribution in [1.29, 1.82) is 0 Å². The highest BCUT2D eigenvalue weighted by molar-refractivity contribution is 5.24. The molecule has 0 atom stereocenters. The smallest absolute Gasteiger partial charge is 0.130 e. The number of hydrogen-bond acceptors (Lipinski definition) is 1. The molecule has 0 aliphatic carbocycles. The van der Waals surface area contributed by atoms with Crippen LogP contribution in [-0.4, -0.2) is 6.54 Å². The fraction of sp³-hybridized carbons (Fsp3) is 0.455. The van der Waals surface area contributed by atoms with E-state index in [2.05, 4.69) is 12.2 Å². The number of nitrogens with one attached hydrogen (secondary N) is 1. The molecule has 1 rings (SSSR count). The molecule has 0 amide bonds. The van der Waals surface area contributed by atoms with E-state index >= 15 is 0 Å². The Balaban J connectivity index is 2.61. The Morgan fingerprint density at radius 3 is 2.85 bits per heavy atom. The molecule has 0 aliphatic heterocycles. The average Bonchev–Trinajstić information content (AvgIpc) is 2.13. The van der Waals surface area contributed by atoms with Gasteiger partial charge in [-0.15, -0.1) is 0 Å². The molecule has 1 aromatic rings. The molecule has 0 fully saturated rings. The van der Waals surface area contributed by atoms with E-state index in [1.165, 1.54) is 0 Å². The van der Waals surface area contributed by atoms with Gasteiger partial charge >= 0.3 is 0 Å². The number of hydrogen-bond donors (Lipinski definition) is 1. The first kappa shape index (κ1) is 10.2. The van der Waals surface area contributed by atoms with Gasteiger partial charge in [-0.25, -0.2) is 4.39 Å². The largest absolute Gasteiger partial charge is 0.313 e. The van der Waals surface area contributed by atoms with Gasteiger partial charge in [-0.3, -0.25) is 0 Å². The summed E-state index contributed by atoms with van der Waals surface area (Å²) in [6.07, 6.45) is 1.08. The topological polar surface area (TPSA) is 12.0 Å². The minimum absolute atomic E-state index is 0.0777. The first-order chi connectivity index (χ1) is 6.25. The number of halogens is 1. The first-order valence-corrected chi connectivity index (χ1v) is 4.70. The van der Waals surface area contributed by atoms with Gasteiger partial charge in [-0.2, -0.15) is 0 Å². The van der Waals surface area contributed by atoms with E-state index < -0.39 is 0 Å². The first-order valence-electron chi connectivity index (χ1n) is 4.70. The molecule has 0 aliphatic rings. The van der Waals surface area contributed by atoms with Gasteiger partial charge in [0.15, 0.2) is 0 Å². The fourth-order valence-corrected chi connectivity index (χ4v) is 1.24. The van der Waals surface area contributed by atoms with Gasteiger partial charge in [-0.05, 0) is 25.5 Å². The second kappa shape index (κ2) is 4.97. The molecule has 0 aromatic heterocycles. The SMILES string of the molecule is CCCNCc1cccc(C)c1F. The molecule has 0 saturated carbocycles. The molecule has 0 radical (unpaired) electrons. The van der Waals surface area contributed by atoms with Gasteiger partial charge in [-0.1, -0.05) is 25.1 Å². The highest BCUT2D eigenvalue weighted by Crippen LogP contribution is 2.11. The number of aryl methyl sites for hydroxylation is 1. The summed E-state index contributed by atoms with van der Waals surface area (Å²) in [6.45, 7) is 5.45. The zero-order chi connectivity index (χ0) is 9.68. The van der Waals surface area contributed by atoms with Crippen molar-refractivity contribution in [2.45, 2.75) is 26.8 Å². The third kappa shape index (κ3) is 2.81. The van der Waals surface area contributed by atoms with Crippen molar-refractivity contribution in [3.05, 3.63) is 35.1 Å². The van der Waals surface area contributed by atoms with Gasteiger partial charge in [0.25, 0.3) is 0 Å². The number of benzene rings is 1. The van der Waals surface area contributed by atoms with E-state index in [9.17, 15) is 4.39 Å². The Morgan fingerprint density at radius 1 is 1.38 bits per heavy atom. The Labute approximate surface area is 79.0 Å². The normalized spacial score (nSPS) is 10.4. The molecule has 0 unspecified atom stereocenters. The van der Waals surface area contributed by atoms with E-state index in [1.807, 2.05) is 12.1 Å². The van der Waals surface area contributed by atoms with Crippen LogP contribution in [0.15, 0.2) is 18.2 Å². The molecule has 0 spiro atoms. The summed E-state index contributed by atoms with van der Waals surface area (Å²) < 4.78 is 13.4. The summed E-state index contributed by atoms with van der Waals surface area (Å²) >= 11 is 0. The average molecular weight is 181 g/mol. The molecular weight excluding hydrogens is 165 g/mol. The summed E-state index contributed by atoms with van der Waals surface area (Å²) in [4.78, 5) is 0. The predicted octanol–water partition coefficient (Wildman–Crippen LogP) is 2.63. The molecule has 0 heterocycles. The minimum atomic E-state index is -0.0777.